The molecule has 5 nitrogen and oxygen atoms in total. The maximum absolute atomic E-state index is 12.6. The Hall–Kier alpha value is -2.66. The monoisotopic (exact) mass is 338 g/mol. The van der Waals surface area contributed by atoms with Gasteiger partial charge in [-0.2, -0.15) is 0 Å². The zero-order valence-electron chi connectivity index (χ0n) is 14.0. The number of para-hydroxylation sites is 1. The minimum atomic E-state index is -0.205. The zero-order valence-corrected chi connectivity index (χ0v) is 14.0. The Morgan fingerprint density at radius 1 is 1.04 bits per heavy atom. The minimum Gasteiger partial charge on any atom is -0.396 e. The van der Waals surface area contributed by atoms with Gasteiger partial charge in [0.15, 0.2) is 0 Å². The number of likely N-dealkylation sites (tertiary alicyclic amines) is 1. The highest BCUT2D eigenvalue weighted by atomic mass is 16.3. The van der Waals surface area contributed by atoms with Crippen LogP contribution in [0, 0.1) is 5.92 Å². The molecule has 1 aliphatic rings. The normalized spacial score (nSPS) is 17.2. The molecule has 5 heteroatoms. The Kier molecular flexibility index (Phi) is 5.46. The highest BCUT2D eigenvalue weighted by molar-refractivity contribution is 6.05. The SMILES string of the molecule is O=C(Nc1ccccc1)c1ccc(C(=O)N2CCCC(CO)C2)cc1. The summed E-state index contributed by atoms with van der Waals surface area (Å²) in [7, 11) is 0. The largest absolute Gasteiger partial charge is 0.396 e. The van der Waals surface area contributed by atoms with Gasteiger partial charge < -0.3 is 15.3 Å². The predicted octanol–water partition coefficient (Wildman–Crippen LogP) is 2.78. The number of aliphatic hydroxyl groups is 1. The molecule has 0 aliphatic carbocycles. The van der Waals surface area contributed by atoms with Crippen LogP contribution in [0.4, 0.5) is 5.69 Å². The first-order chi connectivity index (χ1) is 12.2. The number of amides is 2. The number of hydrogen-bond acceptors (Lipinski definition) is 3. The molecule has 25 heavy (non-hydrogen) atoms. The Morgan fingerprint density at radius 3 is 2.40 bits per heavy atom. The third-order valence-electron chi connectivity index (χ3n) is 4.49. The van der Waals surface area contributed by atoms with Gasteiger partial charge in [-0.05, 0) is 55.2 Å². The van der Waals surface area contributed by atoms with Gasteiger partial charge in [0.1, 0.15) is 0 Å². The van der Waals surface area contributed by atoms with E-state index in [1.165, 1.54) is 0 Å². The molecule has 0 saturated carbocycles. The van der Waals surface area contributed by atoms with Crippen molar-refractivity contribution in [3.63, 3.8) is 0 Å². The molecule has 2 aromatic carbocycles. The summed E-state index contributed by atoms with van der Waals surface area (Å²) in [5.74, 6) is -0.0923. The molecule has 1 unspecified atom stereocenters. The summed E-state index contributed by atoms with van der Waals surface area (Å²) in [6.45, 7) is 1.42. The average Bonchev–Trinajstić information content (AvgIpc) is 2.68. The Bertz CT molecular complexity index is 728. The number of carbonyl (C=O) groups is 2. The van der Waals surface area contributed by atoms with Crippen LogP contribution in [0.3, 0.4) is 0 Å². The second-order valence-electron chi connectivity index (χ2n) is 6.34. The molecule has 2 aromatic rings. The van der Waals surface area contributed by atoms with Crippen molar-refractivity contribution in [2.24, 2.45) is 5.92 Å². The van der Waals surface area contributed by atoms with Crippen molar-refractivity contribution >= 4 is 17.5 Å². The molecule has 0 bridgehead atoms. The van der Waals surface area contributed by atoms with E-state index in [2.05, 4.69) is 5.32 Å². The molecule has 0 aromatic heterocycles. The average molecular weight is 338 g/mol. The van der Waals surface area contributed by atoms with Crippen LogP contribution in [-0.4, -0.2) is 41.5 Å². The molecule has 1 aliphatic heterocycles. The van der Waals surface area contributed by atoms with E-state index in [1.54, 1.807) is 29.2 Å². The topological polar surface area (TPSA) is 69.6 Å². The fraction of sp³-hybridized carbons (Fsp3) is 0.300. The van der Waals surface area contributed by atoms with Crippen LogP contribution in [-0.2, 0) is 0 Å². The van der Waals surface area contributed by atoms with E-state index in [0.717, 1.165) is 18.5 Å². The quantitative estimate of drug-likeness (QED) is 0.901. The van der Waals surface area contributed by atoms with Crippen LogP contribution < -0.4 is 5.32 Å². The first kappa shape index (κ1) is 17.2. The summed E-state index contributed by atoms with van der Waals surface area (Å²) in [6.07, 6.45) is 1.87. The van der Waals surface area contributed by atoms with Crippen molar-refractivity contribution in [3.05, 3.63) is 65.7 Å². The van der Waals surface area contributed by atoms with Crippen LogP contribution in [0.25, 0.3) is 0 Å². The van der Waals surface area contributed by atoms with E-state index in [4.69, 9.17) is 0 Å². The van der Waals surface area contributed by atoms with Gasteiger partial charge in [-0.25, -0.2) is 0 Å². The second-order valence-corrected chi connectivity index (χ2v) is 6.34. The van der Waals surface area contributed by atoms with Gasteiger partial charge in [-0.15, -0.1) is 0 Å². The molecule has 1 saturated heterocycles. The van der Waals surface area contributed by atoms with Crippen LogP contribution in [0.1, 0.15) is 33.6 Å². The van der Waals surface area contributed by atoms with E-state index in [-0.39, 0.29) is 24.3 Å². The molecule has 0 radical (unpaired) electrons. The van der Waals surface area contributed by atoms with Gasteiger partial charge in [0, 0.05) is 36.5 Å². The van der Waals surface area contributed by atoms with E-state index in [0.29, 0.717) is 24.2 Å². The smallest absolute Gasteiger partial charge is 0.255 e. The number of aliphatic hydroxyl groups excluding tert-OH is 1. The van der Waals surface area contributed by atoms with E-state index >= 15 is 0 Å². The zero-order chi connectivity index (χ0) is 17.6. The third-order valence-corrected chi connectivity index (χ3v) is 4.49. The molecule has 2 N–H and O–H groups in total. The van der Waals surface area contributed by atoms with E-state index < -0.39 is 0 Å². The van der Waals surface area contributed by atoms with Crippen molar-refractivity contribution in [1.82, 2.24) is 4.90 Å². The standard InChI is InChI=1S/C20H22N2O3/c23-14-15-5-4-12-22(13-15)20(25)17-10-8-16(9-11-17)19(24)21-18-6-2-1-3-7-18/h1-3,6-11,15,23H,4-5,12-14H2,(H,21,24). The first-order valence-corrected chi connectivity index (χ1v) is 8.54. The Morgan fingerprint density at radius 2 is 1.72 bits per heavy atom. The van der Waals surface area contributed by atoms with Crippen molar-refractivity contribution in [2.75, 3.05) is 25.0 Å². The predicted molar refractivity (Wildman–Crippen MR) is 96.6 cm³/mol. The van der Waals surface area contributed by atoms with Gasteiger partial charge in [-0.1, -0.05) is 18.2 Å². The molecule has 0 spiro atoms. The van der Waals surface area contributed by atoms with Gasteiger partial charge in [0.05, 0.1) is 0 Å². The number of hydrogen-bond donors (Lipinski definition) is 2. The van der Waals surface area contributed by atoms with Crippen LogP contribution >= 0.6 is 0 Å². The van der Waals surface area contributed by atoms with E-state index in [9.17, 15) is 14.7 Å². The summed E-state index contributed by atoms with van der Waals surface area (Å²) < 4.78 is 0. The Balaban J connectivity index is 1.65. The van der Waals surface area contributed by atoms with Crippen molar-refractivity contribution in [1.29, 1.82) is 0 Å². The number of nitrogens with one attached hydrogen (secondary N) is 1. The van der Waals surface area contributed by atoms with Crippen LogP contribution in [0.5, 0.6) is 0 Å². The van der Waals surface area contributed by atoms with Crippen molar-refractivity contribution in [3.8, 4) is 0 Å². The van der Waals surface area contributed by atoms with Gasteiger partial charge >= 0.3 is 0 Å². The number of rotatable bonds is 4. The van der Waals surface area contributed by atoms with E-state index in [1.807, 2.05) is 30.3 Å². The van der Waals surface area contributed by atoms with Gasteiger partial charge in [-0.3, -0.25) is 9.59 Å². The summed E-state index contributed by atoms with van der Waals surface area (Å²) >= 11 is 0. The molecule has 3 rings (SSSR count). The van der Waals surface area contributed by atoms with Crippen molar-refractivity contribution in [2.45, 2.75) is 12.8 Å². The minimum absolute atomic E-state index is 0.0480. The molecule has 1 fully saturated rings. The van der Waals surface area contributed by atoms with Gasteiger partial charge in [0.2, 0.25) is 0 Å². The van der Waals surface area contributed by atoms with Crippen LogP contribution in [0.15, 0.2) is 54.6 Å². The van der Waals surface area contributed by atoms with Crippen LogP contribution in [0.2, 0.25) is 0 Å². The fourth-order valence-electron chi connectivity index (χ4n) is 3.07. The maximum Gasteiger partial charge on any atom is 0.255 e. The number of nitrogens with zero attached hydrogens (tertiary/aromatic N) is 1. The lowest BCUT2D eigenvalue weighted by molar-refractivity contribution is 0.0620. The molecular weight excluding hydrogens is 316 g/mol. The molecule has 1 heterocycles. The lowest BCUT2D eigenvalue weighted by atomic mass is 9.98. The highest BCUT2D eigenvalue weighted by Crippen LogP contribution is 2.18. The lowest BCUT2D eigenvalue weighted by Gasteiger charge is -2.31. The summed E-state index contributed by atoms with van der Waals surface area (Å²) in [5, 5.41) is 12.1. The fourth-order valence-corrected chi connectivity index (χ4v) is 3.07. The number of anilines is 1. The Labute approximate surface area is 147 Å². The van der Waals surface area contributed by atoms with Crippen molar-refractivity contribution < 1.29 is 14.7 Å². The second kappa shape index (κ2) is 7.94. The molecule has 130 valence electrons. The maximum atomic E-state index is 12.6. The first-order valence-electron chi connectivity index (χ1n) is 8.54. The molecule has 2 amide bonds. The highest BCUT2D eigenvalue weighted by Gasteiger charge is 2.24. The molecule has 1 atom stereocenters. The number of piperidine rings is 1. The summed E-state index contributed by atoms with van der Waals surface area (Å²) in [5.41, 5.74) is 1.80. The lowest BCUT2D eigenvalue weighted by Crippen LogP contribution is -2.40. The molecular formula is C20H22N2O3. The summed E-state index contributed by atoms with van der Waals surface area (Å²) in [6, 6.07) is 15.9. The van der Waals surface area contributed by atoms with Gasteiger partial charge in [0.25, 0.3) is 11.8 Å². The number of carbonyl (C=O) groups excluding carboxylic acids is 2. The number of benzene rings is 2. The third kappa shape index (κ3) is 4.25. The summed E-state index contributed by atoms with van der Waals surface area (Å²) in [4.78, 5) is 26.6.